The van der Waals surface area contributed by atoms with Crippen molar-refractivity contribution in [3.05, 3.63) is 18.1 Å². The summed E-state index contributed by atoms with van der Waals surface area (Å²) in [4.78, 5) is 25.5. The summed E-state index contributed by atoms with van der Waals surface area (Å²) in [7, 11) is 1.64. The number of aliphatic carboxylic acids is 1. The van der Waals surface area contributed by atoms with E-state index in [4.69, 9.17) is 4.74 Å². The average Bonchev–Trinajstić information content (AvgIpc) is 3.19. The van der Waals surface area contributed by atoms with Gasteiger partial charge in [-0.2, -0.15) is 0 Å². The van der Waals surface area contributed by atoms with Gasteiger partial charge in [-0.3, -0.25) is 9.69 Å². The van der Waals surface area contributed by atoms with Gasteiger partial charge in [-0.1, -0.05) is 19.3 Å². The second-order valence-corrected chi connectivity index (χ2v) is 8.06. The maximum Gasteiger partial charge on any atom is 0.313 e. The third kappa shape index (κ3) is 3.07. The zero-order valence-electron chi connectivity index (χ0n) is 15.4. The molecule has 0 amide bonds. The minimum atomic E-state index is -0.677. The quantitative estimate of drug-likeness (QED) is 0.857. The maximum atomic E-state index is 12.3. The van der Waals surface area contributed by atoms with E-state index in [1.807, 2.05) is 6.07 Å². The molecule has 7 heteroatoms. The van der Waals surface area contributed by atoms with Crippen LogP contribution in [0, 0.1) is 11.3 Å². The van der Waals surface area contributed by atoms with E-state index in [-0.39, 0.29) is 5.92 Å². The number of hydrogen-bond acceptors (Lipinski definition) is 6. The van der Waals surface area contributed by atoms with Gasteiger partial charge < -0.3 is 14.7 Å². The second-order valence-electron chi connectivity index (χ2n) is 8.06. The van der Waals surface area contributed by atoms with Crippen molar-refractivity contribution in [3.8, 4) is 0 Å². The lowest BCUT2D eigenvalue weighted by atomic mass is 9.81. The topological polar surface area (TPSA) is 78.8 Å². The monoisotopic (exact) mass is 360 g/mol. The van der Waals surface area contributed by atoms with Crippen LogP contribution in [0.1, 0.15) is 37.8 Å². The first-order valence-electron chi connectivity index (χ1n) is 9.64. The first-order valence-corrected chi connectivity index (χ1v) is 9.64. The van der Waals surface area contributed by atoms with E-state index in [0.717, 1.165) is 24.6 Å². The van der Waals surface area contributed by atoms with E-state index in [0.29, 0.717) is 25.7 Å². The van der Waals surface area contributed by atoms with Crippen molar-refractivity contribution in [1.82, 2.24) is 14.9 Å². The fraction of sp³-hybridized carbons (Fsp3) is 0.737. The fourth-order valence-corrected chi connectivity index (χ4v) is 5.09. The molecule has 3 fully saturated rings. The number of rotatable bonds is 5. The summed E-state index contributed by atoms with van der Waals surface area (Å²) >= 11 is 0. The Labute approximate surface area is 154 Å². The summed E-state index contributed by atoms with van der Waals surface area (Å²) in [5.74, 6) is 0.309. The third-order valence-corrected chi connectivity index (χ3v) is 6.48. The van der Waals surface area contributed by atoms with Gasteiger partial charge in [0.15, 0.2) is 0 Å². The Morgan fingerprint density at radius 2 is 2.08 bits per heavy atom. The molecule has 1 aromatic heterocycles. The largest absolute Gasteiger partial charge is 0.481 e. The predicted octanol–water partition coefficient (Wildman–Crippen LogP) is 1.78. The zero-order chi connectivity index (χ0) is 18.1. The molecule has 1 N–H and O–H groups in total. The van der Waals surface area contributed by atoms with Crippen LogP contribution in [-0.4, -0.2) is 65.3 Å². The summed E-state index contributed by atoms with van der Waals surface area (Å²) in [6.07, 6.45) is 7.86. The Hall–Kier alpha value is -1.73. The van der Waals surface area contributed by atoms with Crippen molar-refractivity contribution in [3.63, 3.8) is 0 Å². The SMILES string of the molecule is COCc1cc(N2C[C@@H]3CN(C4CCCCC4)C[C@]3(C(=O)O)C2)ncn1. The molecular formula is C19H28N4O3. The van der Waals surface area contributed by atoms with Gasteiger partial charge in [0.05, 0.1) is 12.3 Å². The van der Waals surface area contributed by atoms with Gasteiger partial charge in [0, 0.05) is 51.3 Å². The highest BCUT2D eigenvalue weighted by Crippen LogP contribution is 2.45. The number of carboxylic acids is 1. The van der Waals surface area contributed by atoms with Crippen LogP contribution >= 0.6 is 0 Å². The molecular weight excluding hydrogens is 332 g/mol. The molecule has 3 aliphatic rings. The molecule has 142 valence electrons. The first kappa shape index (κ1) is 17.7. The number of hydrogen-bond donors (Lipinski definition) is 1. The van der Waals surface area contributed by atoms with Crippen LogP contribution in [-0.2, 0) is 16.1 Å². The van der Waals surface area contributed by atoms with Crippen LogP contribution in [0.4, 0.5) is 5.82 Å². The summed E-state index contributed by atoms with van der Waals surface area (Å²) in [5, 5.41) is 10.1. The minimum Gasteiger partial charge on any atom is -0.481 e. The molecule has 7 nitrogen and oxygen atoms in total. The number of carbonyl (C=O) groups is 1. The van der Waals surface area contributed by atoms with Crippen molar-refractivity contribution in [2.75, 3.05) is 38.2 Å². The number of carboxylic acid groups (broad SMARTS) is 1. The molecule has 4 rings (SSSR count). The molecule has 0 radical (unpaired) electrons. The number of ether oxygens (including phenoxy) is 1. The molecule has 1 aromatic rings. The molecule has 3 heterocycles. The van der Waals surface area contributed by atoms with Gasteiger partial charge >= 0.3 is 5.97 Å². The second kappa shape index (κ2) is 7.12. The molecule has 0 unspecified atom stereocenters. The van der Waals surface area contributed by atoms with Gasteiger partial charge in [0.25, 0.3) is 0 Å². The Bertz CT molecular complexity index is 664. The predicted molar refractivity (Wildman–Crippen MR) is 97.0 cm³/mol. The average molecular weight is 360 g/mol. The van der Waals surface area contributed by atoms with Gasteiger partial charge in [-0.05, 0) is 12.8 Å². The zero-order valence-corrected chi connectivity index (χ0v) is 15.4. The molecule has 2 atom stereocenters. The van der Waals surface area contributed by atoms with E-state index in [9.17, 15) is 9.90 Å². The highest BCUT2D eigenvalue weighted by molar-refractivity contribution is 5.78. The van der Waals surface area contributed by atoms with Crippen molar-refractivity contribution < 1.29 is 14.6 Å². The smallest absolute Gasteiger partial charge is 0.313 e. The molecule has 2 saturated heterocycles. The number of nitrogens with zero attached hydrogens (tertiary/aromatic N) is 4. The summed E-state index contributed by atoms with van der Waals surface area (Å²) in [6.45, 7) is 3.28. The molecule has 0 bridgehead atoms. The Kier molecular flexibility index (Phi) is 4.84. The Balaban J connectivity index is 1.51. The number of anilines is 1. The first-order chi connectivity index (χ1) is 12.6. The van der Waals surface area contributed by atoms with E-state index in [1.165, 1.54) is 32.1 Å². The fourth-order valence-electron chi connectivity index (χ4n) is 5.09. The van der Waals surface area contributed by atoms with Crippen molar-refractivity contribution in [2.24, 2.45) is 11.3 Å². The molecule has 1 aliphatic carbocycles. The van der Waals surface area contributed by atoms with Crippen LogP contribution in [0.5, 0.6) is 0 Å². The van der Waals surface area contributed by atoms with E-state index in [2.05, 4.69) is 19.8 Å². The van der Waals surface area contributed by atoms with Crippen molar-refractivity contribution in [1.29, 1.82) is 0 Å². The van der Waals surface area contributed by atoms with Crippen LogP contribution in [0.15, 0.2) is 12.4 Å². The van der Waals surface area contributed by atoms with Crippen LogP contribution < -0.4 is 4.90 Å². The van der Waals surface area contributed by atoms with Gasteiger partial charge in [-0.15, -0.1) is 0 Å². The lowest BCUT2D eigenvalue weighted by molar-refractivity contribution is -0.148. The van der Waals surface area contributed by atoms with Crippen molar-refractivity contribution in [2.45, 2.75) is 44.8 Å². The lowest BCUT2D eigenvalue weighted by Gasteiger charge is -2.33. The molecule has 0 aromatic carbocycles. The van der Waals surface area contributed by atoms with Crippen LogP contribution in [0.3, 0.4) is 0 Å². The highest BCUT2D eigenvalue weighted by atomic mass is 16.5. The Morgan fingerprint density at radius 3 is 2.77 bits per heavy atom. The van der Waals surface area contributed by atoms with Gasteiger partial charge in [0.2, 0.25) is 0 Å². The number of fused-ring (bicyclic) bond motifs is 1. The van der Waals surface area contributed by atoms with Gasteiger partial charge in [-0.25, -0.2) is 9.97 Å². The summed E-state index contributed by atoms with van der Waals surface area (Å²) in [6, 6.07) is 2.49. The normalized spacial score (nSPS) is 29.9. The Morgan fingerprint density at radius 1 is 1.27 bits per heavy atom. The van der Waals surface area contributed by atoms with Crippen molar-refractivity contribution >= 4 is 11.8 Å². The van der Waals surface area contributed by atoms with Crippen LogP contribution in [0.25, 0.3) is 0 Å². The molecule has 26 heavy (non-hydrogen) atoms. The van der Waals surface area contributed by atoms with E-state index >= 15 is 0 Å². The highest BCUT2D eigenvalue weighted by Gasteiger charge is 2.58. The van der Waals surface area contributed by atoms with Crippen LogP contribution in [0.2, 0.25) is 0 Å². The molecule has 1 saturated carbocycles. The molecule has 2 aliphatic heterocycles. The molecule has 0 spiro atoms. The summed E-state index contributed by atoms with van der Waals surface area (Å²) < 4.78 is 5.15. The van der Waals surface area contributed by atoms with E-state index in [1.54, 1.807) is 13.4 Å². The van der Waals surface area contributed by atoms with E-state index < -0.39 is 11.4 Å². The number of likely N-dealkylation sites (tertiary alicyclic amines) is 1. The standard InChI is InChI=1S/C19H28N4O3/c1-26-10-15-7-17(21-13-20-15)23-9-14-8-22(16-5-3-2-4-6-16)11-19(14,12-23)18(24)25/h7,13-14,16H,2-6,8-12H2,1H3,(H,24,25)/t14-,19-/m0/s1. The van der Waals surface area contributed by atoms with Gasteiger partial charge in [0.1, 0.15) is 17.6 Å². The number of methoxy groups -OCH3 is 1. The third-order valence-electron chi connectivity index (χ3n) is 6.48. The summed E-state index contributed by atoms with van der Waals surface area (Å²) in [5.41, 5.74) is 0.145. The lowest BCUT2D eigenvalue weighted by Crippen LogP contribution is -2.43. The number of aromatic nitrogens is 2. The maximum absolute atomic E-state index is 12.3. The minimum absolute atomic E-state index is 0.155.